The van der Waals surface area contributed by atoms with Gasteiger partial charge in [-0.3, -0.25) is 9.78 Å². The quantitative estimate of drug-likeness (QED) is 0.551. The van der Waals surface area contributed by atoms with Crippen molar-refractivity contribution in [3.63, 3.8) is 0 Å². The Hall–Kier alpha value is -3.05. The summed E-state index contributed by atoms with van der Waals surface area (Å²) < 4.78 is 5.79. The number of hydrogen-bond acceptors (Lipinski definition) is 4. The van der Waals surface area contributed by atoms with E-state index >= 15 is 0 Å². The molecule has 0 atom stereocenters. The van der Waals surface area contributed by atoms with E-state index in [-0.39, 0.29) is 5.91 Å². The van der Waals surface area contributed by atoms with Gasteiger partial charge in [0, 0.05) is 47.4 Å². The number of hydrogen-bond donors (Lipinski definition) is 1. The van der Waals surface area contributed by atoms with Gasteiger partial charge in [-0.25, -0.2) is 0 Å². The number of ether oxygens (including phenoxy) is 1. The van der Waals surface area contributed by atoms with Crippen LogP contribution in [0.1, 0.15) is 17.3 Å². The minimum atomic E-state index is -0.115. The predicted octanol–water partition coefficient (Wildman–Crippen LogP) is 4.89. The molecule has 3 aromatic rings. The topological polar surface area (TPSA) is 54.5 Å². The third kappa shape index (κ3) is 5.24. The van der Waals surface area contributed by atoms with E-state index in [0.717, 1.165) is 11.4 Å². The molecule has 1 aromatic heterocycles. The molecular formula is C22H22ClN3O2. The maximum absolute atomic E-state index is 13.0. The second-order valence-corrected chi connectivity index (χ2v) is 6.51. The molecule has 28 heavy (non-hydrogen) atoms. The van der Waals surface area contributed by atoms with E-state index in [4.69, 9.17) is 16.3 Å². The van der Waals surface area contributed by atoms with Crippen LogP contribution in [0.15, 0.2) is 73.1 Å². The smallest absolute Gasteiger partial charge is 0.258 e. The fraction of sp³-hybridized carbons (Fsp3) is 0.182. The molecular weight excluding hydrogens is 374 g/mol. The van der Waals surface area contributed by atoms with E-state index in [9.17, 15) is 4.79 Å². The number of pyridine rings is 1. The van der Waals surface area contributed by atoms with Crippen molar-refractivity contribution in [3.05, 3.63) is 83.6 Å². The summed E-state index contributed by atoms with van der Waals surface area (Å²) in [7, 11) is 0. The van der Waals surface area contributed by atoms with Gasteiger partial charge in [0.1, 0.15) is 12.4 Å². The van der Waals surface area contributed by atoms with E-state index < -0.39 is 0 Å². The first-order chi connectivity index (χ1) is 13.7. The van der Waals surface area contributed by atoms with Gasteiger partial charge in [0.2, 0.25) is 0 Å². The number of carbonyl (C=O) groups is 1. The number of benzene rings is 2. The Bertz CT molecular complexity index is 904. The van der Waals surface area contributed by atoms with Crippen LogP contribution in [0, 0.1) is 0 Å². The number of para-hydroxylation sites is 1. The second-order valence-electron chi connectivity index (χ2n) is 6.07. The summed E-state index contributed by atoms with van der Waals surface area (Å²) in [5.41, 5.74) is 2.32. The van der Waals surface area contributed by atoms with Gasteiger partial charge < -0.3 is 15.0 Å². The summed E-state index contributed by atoms with van der Waals surface area (Å²) in [5, 5.41) is 3.71. The molecule has 144 valence electrons. The molecule has 0 saturated heterocycles. The lowest BCUT2D eigenvalue weighted by Crippen LogP contribution is -2.30. The van der Waals surface area contributed by atoms with Crippen molar-refractivity contribution in [1.82, 2.24) is 4.98 Å². The lowest BCUT2D eigenvalue weighted by molar-refractivity contribution is 0.0988. The number of halogens is 1. The highest BCUT2D eigenvalue weighted by atomic mass is 35.5. The standard InChI is InChI=1S/C22H22ClN3O2/c1-2-26(20-6-4-3-5-7-20)22(27)17-14-18(23)16-21(15-17)28-13-12-25-19-8-10-24-11-9-19/h3-11,14-16H,2,12-13H2,1H3,(H,24,25). The first-order valence-corrected chi connectivity index (χ1v) is 9.49. The Labute approximate surface area is 169 Å². The van der Waals surface area contributed by atoms with Crippen LogP contribution in [0.3, 0.4) is 0 Å². The average Bonchev–Trinajstić information content (AvgIpc) is 2.73. The molecule has 2 aromatic carbocycles. The van der Waals surface area contributed by atoms with Gasteiger partial charge in [-0.2, -0.15) is 0 Å². The zero-order valence-electron chi connectivity index (χ0n) is 15.6. The van der Waals surface area contributed by atoms with Gasteiger partial charge in [-0.1, -0.05) is 29.8 Å². The number of nitrogens with one attached hydrogen (secondary N) is 1. The van der Waals surface area contributed by atoms with E-state index in [2.05, 4.69) is 10.3 Å². The third-order valence-corrected chi connectivity index (χ3v) is 4.35. The molecule has 0 bridgehead atoms. The van der Waals surface area contributed by atoms with Crippen LogP contribution in [0.2, 0.25) is 5.02 Å². The summed E-state index contributed by atoms with van der Waals surface area (Å²) in [4.78, 5) is 18.7. The van der Waals surface area contributed by atoms with Gasteiger partial charge in [-0.05, 0) is 49.4 Å². The molecule has 0 aliphatic carbocycles. The van der Waals surface area contributed by atoms with Crippen molar-refractivity contribution in [2.75, 3.05) is 29.9 Å². The zero-order valence-corrected chi connectivity index (χ0v) is 16.4. The van der Waals surface area contributed by atoms with Crippen LogP contribution < -0.4 is 15.0 Å². The number of nitrogens with zero attached hydrogens (tertiary/aromatic N) is 2. The minimum absolute atomic E-state index is 0.115. The summed E-state index contributed by atoms with van der Waals surface area (Å²) >= 11 is 6.22. The summed E-state index contributed by atoms with van der Waals surface area (Å²) in [6.45, 7) is 3.55. The molecule has 0 saturated carbocycles. The molecule has 1 N–H and O–H groups in total. The Morgan fingerprint density at radius 2 is 1.86 bits per heavy atom. The Morgan fingerprint density at radius 1 is 1.11 bits per heavy atom. The van der Waals surface area contributed by atoms with E-state index in [1.165, 1.54) is 0 Å². The summed E-state index contributed by atoms with van der Waals surface area (Å²) in [6.07, 6.45) is 3.45. The number of aromatic nitrogens is 1. The number of anilines is 2. The molecule has 0 fully saturated rings. The van der Waals surface area contributed by atoms with Crippen molar-refractivity contribution >= 4 is 28.9 Å². The van der Waals surface area contributed by atoms with Gasteiger partial charge in [0.05, 0.1) is 0 Å². The molecule has 6 heteroatoms. The molecule has 5 nitrogen and oxygen atoms in total. The molecule has 3 rings (SSSR count). The number of amides is 1. The lowest BCUT2D eigenvalue weighted by atomic mass is 10.1. The molecule has 1 heterocycles. The van der Waals surface area contributed by atoms with Crippen molar-refractivity contribution in [3.8, 4) is 5.75 Å². The number of rotatable bonds is 8. The van der Waals surface area contributed by atoms with Crippen LogP contribution >= 0.6 is 11.6 Å². The van der Waals surface area contributed by atoms with E-state index in [1.807, 2.05) is 49.4 Å². The maximum atomic E-state index is 13.0. The van der Waals surface area contributed by atoms with Crippen molar-refractivity contribution in [1.29, 1.82) is 0 Å². The van der Waals surface area contributed by atoms with Crippen molar-refractivity contribution < 1.29 is 9.53 Å². The highest BCUT2D eigenvalue weighted by Gasteiger charge is 2.17. The van der Waals surface area contributed by atoms with E-state index in [1.54, 1.807) is 35.5 Å². The molecule has 0 spiro atoms. The molecule has 1 amide bonds. The largest absolute Gasteiger partial charge is 0.492 e. The monoisotopic (exact) mass is 395 g/mol. The lowest BCUT2D eigenvalue weighted by Gasteiger charge is -2.21. The van der Waals surface area contributed by atoms with Crippen LogP contribution in [-0.2, 0) is 0 Å². The summed E-state index contributed by atoms with van der Waals surface area (Å²) in [6, 6.07) is 18.4. The minimum Gasteiger partial charge on any atom is -0.492 e. The second kappa shape index (κ2) is 9.76. The zero-order chi connectivity index (χ0) is 19.8. The molecule has 0 aliphatic heterocycles. The van der Waals surface area contributed by atoms with Gasteiger partial charge in [0.15, 0.2) is 0 Å². The van der Waals surface area contributed by atoms with Crippen molar-refractivity contribution in [2.45, 2.75) is 6.92 Å². The Morgan fingerprint density at radius 3 is 2.57 bits per heavy atom. The van der Waals surface area contributed by atoms with Crippen molar-refractivity contribution in [2.24, 2.45) is 0 Å². The molecule has 0 aliphatic rings. The highest BCUT2D eigenvalue weighted by molar-refractivity contribution is 6.31. The van der Waals surface area contributed by atoms with Crippen LogP contribution in [-0.4, -0.2) is 30.6 Å². The first-order valence-electron chi connectivity index (χ1n) is 9.11. The first kappa shape index (κ1) is 19.7. The SMILES string of the molecule is CCN(C(=O)c1cc(Cl)cc(OCCNc2ccncc2)c1)c1ccccc1. The third-order valence-electron chi connectivity index (χ3n) is 4.13. The average molecular weight is 396 g/mol. The van der Waals surface area contributed by atoms with Gasteiger partial charge in [-0.15, -0.1) is 0 Å². The maximum Gasteiger partial charge on any atom is 0.258 e. The van der Waals surface area contributed by atoms with Crippen LogP contribution in [0.25, 0.3) is 0 Å². The molecule has 0 unspecified atom stereocenters. The normalized spacial score (nSPS) is 10.4. The summed E-state index contributed by atoms with van der Waals surface area (Å²) in [5.74, 6) is 0.451. The van der Waals surface area contributed by atoms with Gasteiger partial charge in [0.25, 0.3) is 5.91 Å². The Balaban J connectivity index is 1.66. The predicted molar refractivity (Wildman–Crippen MR) is 113 cm³/mol. The fourth-order valence-corrected chi connectivity index (χ4v) is 3.04. The molecule has 0 radical (unpaired) electrons. The Kier molecular flexibility index (Phi) is 6.87. The van der Waals surface area contributed by atoms with Crippen LogP contribution in [0.5, 0.6) is 5.75 Å². The van der Waals surface area contributed by atoms with Crippen LogP contribution in [0.4, 0.5) is 11.4 Å². The fourth-order valence-electron chi connectivity index (χ4n) is 2.81. The van der Waals surface area contributed by atoms with Gasteiger partial charge >= 0.3 is 0 Å². The number of carbonyl (C=O) groups excluding carboxylic acids is 1. The van der Waals surface area contributed by atoms with E-state index in [0.29, 0.717) is 36.0 Å². The highest BCUT2D eigenvalue weighted by Crippen LogP contribution is 2.24.